The molecule has 1 aromatic heterocycles. The molecule has 0 radical (unpaired) electrons. The topological polar surface area (TPSA) is 67.1 Å². The minimum atomic E-state index is -4.59. The predicted molar refractivity (Wildman–Crippen MR) is 158 cm³/mol. The summed E-state index contributed by atoms with van der Waals surface area (Å²) in [6.07, 6.45) is -2.00. The normalized spacial score (nSPS) is 15.9. The summed E-state index contributed by atoms with van der Waals surface area (Å²) < 4.78 is 71.5. The molecule has 1 atom stereocenters. The van der Waals surface area contributed by atoms with Gasteiger partial charge in [0.25, 0.3) is 0 Å². The molecule has 43 heavy (non-hydrogen) atoms. The zero-order valence-electron chi connectivity index (χ0n) is 23.7. The van der Waals surface area contributed by atoms with Gasteiger partial charge in [-0.15, -0.1) is 11.8 Å². The molecule has 0 N–H and O–H groups in total. The van der Waals surface area contributed by atoms with Gasteiger partial charge in [0.05, 0.1) is 7.11 Å². The van der Waals surface area contributed by atoms with Crippen molar-refractivity contribution in [3.8, 4) is 5.75 Å². The van der Waals surface area contributed by atoms with E-state index in [1.807, 2.05) is 6.07 Å². The number of esters is 1. The second kappa shape index (κ2) is 13.9. The van der Waals surface area contributed by atoms with E-state index in [9.17, 15) is 4.79 Å². The fraction of sp³-hybridized carbons (Fsp3) is 0.364. The molecule has 0 spiro atoms. The lowest BCUT2D eigenvalue weighted by atomic mass is 9.89. The van der Waals surface area contributed by atoms with Crippen molar-refractivity contribution in [2.45, 2.75) is 49.5 Å². The molecule has 10 heteroatoms. The largest absolute Gasteiger partial charge is 0.478 e. The Morgan fingerprint density at radius 1 is 0.953 bits per heavy atom. The molecule has 0 amide bonds. The maximum Gasteiger partial charge on any atom is 0.411 e. The lowest BCUT2D eigenvalue weighted by Crippen LogP contribution is -2.41. The summed E-state index contributed by atoms with van der Waals surface area (Å²) in [6.45, 7) is 0.376. The molecule has 228 valence electrons. The summed E-state index contributed by atoms with van der Waals surface area (Å²) >= 11 is 0.841. The van der Waals surface area contributed by atoms with E-state index in [0.29, 0.717) is 29.1 Å². The Labute approximate surface area is 252 Å². The van der Waals surface area contributed by atoms with Gasteiger partial charge < -0.3 is 23.4 Å². The quantitative estimate of drug-likeness (QED) is 0.151. The van der Waals surface area contributed by atoms with Crippen molar-refractivity contribution in [2.75, 3.05) is 26.1 Å². The molecule has 3 aromatic carbocycles. The summed E-state index contributed by atoms with van der Waals surface area (Å²) in [5, 5.41) is 0.683. The van der Waals surface area contributed by atoms with Crippen LogP contribution in [-0.2, 0) is 36.8 Å². The van der Waals surface area contributed by atoms with Crippen LogP contribution in [-0.4, -0.2) is 44.5 Å². The molecule has 6 nitrogen and oxygen atoms in total. The third-order valence-corrected chi connectivity index (χ3v) is 8.95. The predicted octanol–water partition coefficient (Wildman–Crippen LogP) is 7.81. The van der Waals surface area contributed by atoms with E-state index in [0.717, 1.165) is 36.6 Å². The van der Waals surface area contributed by atoms with Crippen LogP contribution in [0.3, 0.4) is 0 Å². The lowest BCUT2D eigenvalue weighted by molar-refractivity contribution is -0.171. The number of halogens is 3. The minimum Gasteiger partial charge on any atom is -0.478 e. The monoisotopic (exact) mass is 614 g/mol. The van der Waals surface area contributed by atoms with Gasteiger partial charge in [-0.1, -0.05) is 72.8 Å². The number of rotatable bonds is 12. The summed E-state index contributed by atoms with van der Waals surface area (Å²) in [5.41, 5.74) is 1.43. The number of thioether (sulfide) groups is 1. The van der Waals surface area contributed by atoms with Gasteiger partial charge >= 0.3 is 12.1 Å². The van der Waals surface area contributed by atoms with Gasteiger partial charge in [0.1, 0.15) is 12.4 Å². The Morgan fingerprint density at radius 2 is 1.65 bits per heavy atom. The highest BCUT2D eigenvalue weighted by atomic mass is 32.2. The number of hydrogen-bond donors (Lipinski definition) is 0. The second-order valence-electron chi connectivity index (χ2n) is 10.1. The van der Waals surface area contributed by atoms with Crippen molar-refractivity contribution in [3.63, 3.8) is 0 Å². The van der Waals surface area contributed by atoms with Crippen molar-refractivity contribution in [1.82, 2.24) is 0 Å². The van der Waals surface area contributed by atoms with Gasteiger partial charge in [0.2, 0.25) is 0 Å². The van der Waals surface area contributed by atoms with E-state index in [2.05, 4.69) is 4.74 Å². The second-order valence-corrected chi connectivity index (χ2v) is 11.4. The SMILES string of the molecule is COC(=O)COc1cccc2c(CCSC(c3ccccc3)(c3ccccc3)C(F)(F)F)c(COC3CCCCO3)oc12. The maximum atomic E-state index is 15.2. The number of carbonyl (C=O) groups excluding carboxylic acids is 1. The molecular weight excluding hydrogens is 581 g/mol. The zero-order valence-corrected chi connectivity index (χ0v) is 24.5. The van der Waals surface area contributed by atoms with E-state index in [1.165, 1.54) is 31.4 Å². The molecule has 0 aliphatic carbocycles. The van der Waals surface area contributed by atoms with E-state index in [4.69, 9.17) is 18.6 Å². The first-order valence-electron chi connectivity index (χ1n) is 14.1. The molecular formula is C33H33F3O6S. The maximum absolute atomic E-state index is 15.2. The van der Waals surface area contributed by atoms with E-state index in [-0.39, 0.29) is 42.8 Å². The number of para-hydroxylation sites is 1. The number of aryl methyl sites for hydroxylation is 1. The van der Waals surface area contributed by atoms with Crippen LogP contribution in [0.15, 0.2) is 83.3 Å². The van der Waals surface area contributed by atoms with E-state index < -0.39 is 16.9 Å². The van der Waals surface area contributed by atoms with Crippen LogP contribution >= 0.6 is 11.8 Å². The third-order valence-electron chi connectivity index (χ3n) is 7.41. The summed E-state index contributed by atoms with van der Waals surface area (Å²) in [4.78, 5) is 11.7. The smallest absolute Gasteiger partial charge is 0.411 e. The van der Waals surface area contributed by atoms with Crippen LogP contribution in [0.5, 0.6) is 5.75 Å². The van der Waals surface area contributed by atoms with Crippen LogP contribution in [0, 0.1) is 0 Å². The number of benzene rings is 3. The van der Waals surface area contributed by atoms with Crippen LogP contribution in [0.2, 0.25) is 0 Å². The fourth-order valence-electron chi connectivity index (χ4n) is 5.30. The van der Waals surface area contributed by atoms with Crippen molar-refractivity contribution >= 4 is 28.7 Å². The summed E-state index contributed by atoms with van der Waals surface area (Å²) in [6, 6.07) is 21.3. The van der Waals surface area contributed by atoms with Crippen molar-refractivity contribution < 1.29 is 41.3 Å². The number of methoxy groups -OCH3 is 1. The molecule has 1 fully saturated rings. The summed E-state index contributed by atoms with van der Waals surface area (Å²) in [5.74, 6) is 0.382. The van der Waals surface area contributed by atoms with Crippen molar-refractivity contribution in [1.29, 1.82) is 0 Å². The highest BCUT2D eigenvalue weighted by molar-refractivity contribution is 8.00. The number of carbonyl (C=O) groups is 1. The van der Waals surface area contributed by atoms with Crippen molar-refractivity contribution in [3.05, 3.63) is 101 Å². The Balaban J connectivity index is 1.48. The Kier molecular flexibility index (Phi) is 10.00. The molecule has 0 bridgehead atoms. The minimum absolute atomic E-state index is 0.0809. The molecule has 1 aliphatic rings. The zero-order chi connectivity index (χ0) is 30.3. The van der Waals surface area contributed by atoms with E-state index in [1.54, 1.807) is 48.5 Å². The first-order chi connectivity index (χ1) is 20.8. The number of ether oxygens (including phenoxy) is 4. The van der Waals surface area contributed by atoms with E-state index >= 15 is 13.2 Å². The lowest BCUT2D eigenvalue weighted by Gasteiger charge is -2.36. The van der Waals surface area contributed by atoms with Crippen LogP contribution in [0.25, 0.3) is 11.0 Å². The van der Waals surface area contributed by atoms with Crippen molar-refractivity contribution in [2.24, 2.45) is 0 Å². The van der Waals surface area contributed by atoms with Gasteiger partial charge in [-0.05, 0) is 48.6 Å². The Hall–Kier alpha value is -3.47. The number of alkyl halides is 3. The van der Waals surface area contributed by atoms with Gasteiger partial charge in [-0.2, -0.15) is 13.2 Å². The van der Waals surface area contributed by atoms with Gasteiger partial charge in [0.15, 0.2) is 29.0 Å². The molecule has 5 rings (SSSR count). The fourth-order valence-corrected chi connectivity index (χ4v) is 6.68. The van der Waals surface area contributed by atoms with Crippen LogP contribution in [0.4, 0.5) is 13.2 Å². The first-order valence-corrected chi connectivity index (χ1v) is 15.1. The van der Waals surface area contributed by atoms with Gasteiger partial charge in [-0.25, -0.2) is 4.79 Å². The van der Waals surface area contributed by atoms with Crippen LogP contribution < -0.4 is 4.74 Å². The number of fused-ring (bicyclic) bond motifs is 1. The average molecular weight is 615 g/mol. The Morgan fingerprint density at radius 3 is 2.26 bits per heavy atom. The molecule has 1 aliphatic heterocycles. The number of furan rings is 1. The summed E-state index contributed by atoms with van der Waals surface area (Å²) in [7, 11) is 1.27. The van der Waals surface area contributed by atoms with Gasteiger partial charge in [-0.3, -0.25) is 0 Å². The molecule has 4 aromatic rings. The highest BCUT2D eigenvalue weighted by Crippen LogP contribution is 2.54. The first kappa shape index (κ1) is 31.0. The molecule has 0 saturated carbocycles. The average Bonchev–Trinajstić information content (AvgIpc) is 3.39. The molecule has 1 unspecified atom stereocenters. The molecule has 1 saturated heterocycles. The van der Waals surface area contributed by atoms with Gasteiger partial charge in [0, 0.05) is 17.6 Å². The highest BCUT2D eigenvalue weighted by Gasteiger charge is 2.57. The molecule has 2 heterocycles. The van der Waals surface area contributed by atoms with Crippen LogP contribution in [0.1, 0.15) is 41.7 Å². The third kappa shape index (κ3) is 6.87. The Bertz CT molecular complexity index is 1440. The number of hydrogen-bond acceptors (Lipinski definition) is 7. The standard InChI is InChI=1S/C33H33F3O6S/c1-38-29(37)22-40-27-16-10-15-26-25(28(42-31(26)27)21-41-30-17-8-9-19-39-30)18-20-43-32(33(34,35)36,23-11-4-2-5-12-23)24-13-6-3-7-14-24/h2-7,10-16,30H,8-9,17-22H2,1H3.